The molecule has 7 nitrogen and oxygen atoms in total. The van der Waals surface area contributed by atoms with Gasteiger partial charge in [-0.25, -0.2) is 0 Å². The van der Waals surface area contributed by atoms with Crippen LogP contribution in [0.15, 0.2) is 82.1 Å². The third kappa shape index (κ3) is 5.86. The molecule has 0 saturated heterocycles. The van der Waals surface area contributed by atoms with Crippen LogP contribution in [0.25, 0.3) is 0 Å². The summed E-state index contributed by atoms with van der Waals surface area (Å²) in [6.07, 6.45) is 1.43. The van der Waals surface area contributed by atoms with Gasteiger partial charge in [-0.05, 0) is 55.0 Å². The first-order chi connectivity index (χ1) is 14.5. The van der Waals surface area contributed by atoms with Gasteiger partial charge in [0.15, 0.2) is 16.6 Å². The van der Waals surface area contributed by atoms with E-state index in [1.165, 1.54) is 13.3 Å². The van der Waals surface area contributed by atoms with E-state index in [1.807, 2.05) is 61.5 Å². The number of nitrogens with zero attached hydrogens (tertiary/aromatic N) is 3. The third-order valence-electron chi connectivity index (χ3n) is 3.99. The quantitative estimate of drug-likeness (QED) is 0.214. The lowest BCUT2D eigenvalue weighted by atomic mass is 10.2. The van der Waals surface area contributed by atoms with Crippen molar-refractivity contribution in [1.29, 1.82) is 0 Å². The van der Waals surface area contributed by atoms with E-state index in [9.17, 15) is 5.11 Å². The predicted molar refractivity (Wildman–Crippen MR) is 123 cm³/mol. The molecule has 0 fully saturated rings. The molecule has 152 valence electrons. The summed E-state index contributed by atoms with van der Waals surface area (Å²) in [6.45, 7) is 2.00. The number of hydrogen-bond donors (Lipinski definition) is 3. The Labute approximate surface area is 180 Å². The van der Waals surface area contributed by atoms with E-state index in [-0.39, 0.29) is 11.5 Å². The highest BCUT2D eigenvalue weighted by Gasteiger charge is 2.09. The maximum absolute atomic E-state index is 10.4. The van der Waals surface area contributed by atoms with Gasteiger partial charge < -0.3 is 15.2 Å². The standard InChI is InChI=1S/C22H21N5O2S/c1-15-7-6-10-18(11-15)24-22(30)27-23-14-16-12-19(13-20(29-2)21(16)28)26-25-17-8-4-3-5-9-17/h3-14,28H,1-2H3,(H2,24,27,30). The molecule has 3 aromatic carbocycles. The zero-order chi connectivity index (χ0) is 21.3. The number of thiocarbonyl (C=S) groups is 1. The Morgan fingerprint density at radius 3 is 2.50 bits per heavy atom. The Kier molecular flexibility index (Phi) is 7.07. The first kappa shape index (κ1) is 20.9. The molecule has 0 spiro atoms. The molecular weight excluding hydrogens is 398 g/mol. The molecule has 0 aliphatic heterocycles. The molecular formula is C22H21N5O2S. The maximum Gasteiger partial charge on any atom is 0.191 e. The topological polar surface area (TPSA) is 90.6 Å². The van der Waals surface area contributed by atoms with Gasteiger partial charge in [0.1, 0.15) is 0 Å². The van der Waals surface area contributed by atoms with E-state index in [2.05, 4.69) is 26.1 Å². The number of aromatic hydroxyl groups is 1. The maximum atomic E-state index is 10.4. The van der Waals surface area contributed by atoms with Crippen molar-refractivity contribution in [3.8, 4) is 11.5 Å². The molecule has 0 amide bonds. The molecule has 0 unspecified atom stereocenters. The van der Waals surface area contributed by atoms with Crippen molar-refractivity contribution in [1.82, 2.24) is 5.43 Å². The number of phenolic OH excluding ortho intramolecular Hbond substituents is 1. The number of anilines is 1. The fraction of sp³-hybridized carbons (Fsp3) is 0.0909. The monoisotopic (exact) mass is 419 g/mol. The van der Waals surface area contributed by atoms with Gasteiger partial charge in [0.25, 0.3) is 0 Å². The lowest BCUT2D eigenvalue weighted by Crippen LogP contribution is -2.23. The molecule has 0 radical (unpaired) electrons. The minimum absolute atomic E-state index is 0.0562. The van der Waals surface area contributed by atoms with Gasteiger partial charge in [-0.15, -0.1) is 0 Å². The van der Waals surface area contributed by atoms with Crippen LogP contribution in [0, 0.1) is 6.92 Å². The molecule has 0 aromatic heterocycles. The number of benzene rings is 3. The second-order valence-electron chi connectivity index (χ2n) is 6.32. The van der Waals surface area contributed by atoms with Crippen LogP contribution in [-0.4, -0.2) is 23.5 Å². The highest BCUT2D eigenvalue weighted by Crippen LogP contribution is 2.34. The molecule has 3 N–H and O–H groups in total. The summed E-state index contributed by atoms with van der Waals surface area (Å²) in [5.74, 6) is 0.209. The molecule has 30 heavy (non-hydrogen) atoms. The smallest absolute Gasteiger partial charge is 0.191 e. The number of hydrogen-bond acceptors (Lipinski definition) is 6. The van der Waals surface area contributed by atoms with Crippen LogP contribution in [-0.2, 0) is 0 Å². The Bertz CT molecular complexity index is 1080. The third-order valence-corrected chi connectivity index (χ3v) is 4.19. The van der Waals surface area contributed by atoms with Crippen LogP contribution in [0.2, 0.25) is 0 Å². The molecule has 0 bridgehead atoms. The highest BCUT2D eigenvalue weighted by atomic mass is 32.1. The largest absolute Gasteiger partial charge is 0.504 e. The molecule has 0 aliphatic rings. The summed E-state index contributed by atoms with van der Waals surface area (Å²) in [5, 5.41) is 26.2. The van der Waals surface area contributed by atoms with Crippen molar-refractivity contribution in [2.45, 2.75) is 6.92 Å². The number of aryl methyl sites for hydroxylation is 1. The molecule has 0 saturated carbocycles. The van der Waals surface area contributed by atoms with E-state index < -0.39 is 0 Å². The first-order valence-electron chi connectivity index (χ1n) is 9.09. The average Bonchev–Trinajstić information content (AvgIpc) is 2.74. The number of methoxy groups -OCH3 is 1. The van der Waals surface area contributed by atoms with Crippen molar-refractivity contribution in [3.05, 3.63) is 77.9 Å². The number of nitrogens with one attached hydrogen (secondary N) is 2. The Balaban J connectivity index is 1.72. The minimum Gasteiger partial charge on any atom is -0.504 e. The molecule has 0 aliphatic carbocycles. The number of phenols is 1. The normalized spacial score (nSPS) is 11.0. The van der Waals surface area contributed by atoms with E-state index in [0.717, 1.165) is 11.3 Å². The summed E-state index contributed by atoms with van der Waals surface area (Å²) in [6, 6.07) is 20.4. The van der Waals surface area contributed by atoms with E-state index in [4.69, 9.17) is 17.0 Å². The number of azo groups is 1. The zero-order valence-electron chi connectivity index (χ0n) is 16.5. The van der Waals surface area contributed by atoms with Gasteiger partial charge in [-0.2, -0.15) is 15.3 Å². The van der Waals surface area contributed by atoms with Crippen LogP contribution in [0.4, 0.5) is 17.1 Å². The lowest BCUT2D eigenvalue weighted by Gasteiger charge is -2.09. The summed E-state index contributed by atoms with van der Waals surface area (Å²) >= 11 is 5.24. The number of hydrazone groups is 1. The molecule has 3 rings (SSSR count). The van der Waals surface area contributed by atoms with Crippen LogP contribution in [0.1, 0.15) is 11.1 Å². The summed E-state index contributed by atoms with van der Waals surface area (Å²) in [5.41, 5.74) is 6.33. The van der Waals surface area contributed by atoms with Crippen LogP contribution >= 0.6 is 12.2 Å². The molecule has 3 aromatic rings. The fourth-order valence-electron chi connectivity index (χ4n) is 2.58. The number of rotatable bonds is 6. The van der Waals surface area contributed by atoms with Crippen molar-refractivity contribution in [2.24, 2.45) is 15.3 Å². The summed E-state index contributed by atoms with van der Waals surface area (Å²) in [4.78, 5) is 0. The van der Waals surface area contributed by atoms with Crippen molar-refractivity contribution in [3.63, 3.8) is 0 Å². The zero-order valence-corrected chi connectivity index (χ0v) is 17.4. The predicted octanol–water partition coefficient (Wildman–Crippen LogP) is 5.45. The second-order valence-corrected chi connectivity index (χ2v) is 6.72. The average molecular weight is 420 g/mol. The summed E-state index contributed by atoms with van der Waals surface area (Å²) in [7, 11) is 1.47. The molecule has 8 heteroatoms. The van der Waals surface area contributed by atoms with Crippen molar-refractivity contribution >= 4 is 40.6 Å². The van der Waals surface area contributed by atoms with Crippen molar-refractivity contribution < 1.29 is 9.84 Å². The fourth-order valence-corrected chi connectivity index (χ4v) is 2.75. The number of ether oxygens (including phenoxy) is 1. The Morgan fingerprint density at radius 1 is 1.00 bits per heavy atom. The van der Waals surface area contributed by atoms with Crippen LogP contribution in [0.3, 0.4) is 0 Å². The van der Waals surface area contributed by atoms with Crippen LogP contribution < -0.4 is 15.5 Å². The Morgan fingerprint density at radius 2 is 1.77 bits per heavy atom. The van der Waals surface area contributed by atoms with E-state index in [0.29, 0.717) is 22.1 Å². The van der Waals surface area contributed by atoms with Gasteiger partial charge in [-0.3, -0.25) is 5.43 Å². The van der Waals surface area contributed by atoms with E-state index in [1.54, 1.807) is 12.1 Å². The second kappa shape index (κ2) is 10.1. The van der Waals surface area contributed by atoms with Gasteiger partial charge >= 0.3 is 0 Å². The SMILES string of the molecule is COc1cc(N=Nc2ccccc2)cc(C=NNC(=S)Nc2cccc(C)c2)c1O. The van der Waals surface area contributed by atoms with Gasteiger partial charge in [0, 0.05) is 17.3 Å². The van der Waals surface area contributed by atoms with Crippen LogP contribution in [0.5, 0.6) is 11.5 Å². The minimum atomic E-state index is -0.0562. The summed E-state index contributed by atoms with van der Waals surface area (Å²) < 4.78 is 5.22. The van der Waals surface area contributed by atoms with Gasteiger partial charge in [0.05, 0.1) is 24.7 Å². The first-order valence-corrected chi connectivity index (χ1v) is 9.50. The highest BCUT2D eigenvalue weighted by molar-refractivity contribution is 7.80. The van der Waals surface area contributed by atoms with Gasteiger partial charge in [-0.1, -0.05) is 30.3 Å². The molecule has 0 atom stereocenters. The van der Waals surface area contributed by atoms with E-state index >= 15 is 0 Å². The Hall–Kier alpha value is -3.78. The molecule has 0 heterocycles. The van der Waals surface area contributed by atoms with Gasteiger partial charge in [0.2, 0.25) is 0 Å². The van der Waals surface area contributed by atoms with Crippen molar-refractivity contribution in [2.75, 3.05) is 12.4 Å². The lowest BCUT2D eigenvalue weighted by molar-refractivity contribution is 0.373.